The second kappa shape index (κ2) is 5.63. The van der Waals surface area contributed by atoms with Crippen LogP contribution in [0.25, 0.3) is 0 Å². The first-order valence-electron chi connectivity index (χ1n) is 5.82. The maximum absolute atomic E-state index is 12.1. The molecule has 0 fully saturated rings. The molecule has 0 aliphatic carbocycles. The van der Waals surface area contributed by atoms with Gasteiger partial charge in [0.1, 0.15) is 5.69 Å². The highest BCUT2D eigenvalue weighted by Gasteiger charge is 2.16. The molecule has 0 bridgehead atoms. The normalized spacial score (nSPS) is 12.4. The lowest BCUT2D eigenvalue weighted by atomic mass is 10.1. The average Bonchev–Trinajstić information content (AvgIpc) is 2.88. The molecule has 0 aliphatic heterocycles. The number of hydrogen-bond acceptors (Lipinski definition) is 4. The molecule has 1 amide bonds. The Morgan fingerprint density at radius 1 is 1.50 bits per heavy atom. The number of nitrogens with zero attached hydrogens (tertiary/aromatic N) is 1. The van der Waals surface area contributed by atoms with Gasteiger partial charge in [-0.3, -0.25) is 4.79 Å². The standard InChI is InChI=1S/C13H16N2OS2/c1-8(6-11-4-5-17-7-11)14-13(16)12-9(2)18-10(3)15-12/h4-5,7-8H,6H2,1-3H3,(H,14,16). The zero-order valence-corrected chi connectivity index (χ0v) is 12.3. The summed E-state index contributed by atoms with van der Waals surface area (Å²) in [6.45, 7) is 5.87. The predicted molar refractivity (Wildman–Crippen MR) is 76.5 cm³/mol. The highest BCUT2D eigenvalue weighted by atomic mass is 32.1. The van der Waals surface area contributed by atoms with Gasteiger partial charge in [-0.1, -0.05) is 0 Å². The number of carbonyl (C=O) groups excluding carboxylic acids is 1. The van der Waals surface area contributed by atoms with Crippen LogP contribution < -0.4 is 5.32 Å². The second-order valence-electron chi connectivity index (χ2n) is 4.35. The van der Waals surface area contributed by atoms with Crippen LogP contribution in [0.3, 0.4) is 0 Å². The molecule has 0 aliphatic rings. The van der Waals surface area contributed by atoms with E-state index < -0.39 is 0 Å². The fourth-order valence-corrected chi connectivity index (χ4v) is 3.34. The minimum atomic E-state index is -0.0698. The van der Waals surface area contributed by atoms with Crippen molar-refractivity contribution in [1.29, 1.82) is 0 Å². The van der Waals surface area contributed by atoms with Gasteiger partial charge in [0, 0.05) is 10.9 Å². The third kappa shape index (κ3) is 3.17. The summed E-state index contributed by atoms with van der Waals surface area (Å²) in [5.41, 5.74) is 1.83. The number of carbonyl (C=O) groups is 1. The topological polar surface area (TPSA) is 42.0 Å². The molecule has 0 saturated carbocycles. The zero-order chi connectivity index (χ0) is 13.1. The molecule has 0 radical (unpaired) electrons. The van der Waals surface area contributed by atoms with Crippen LogP contribution in [0.5, 0.6) is 0 Å². The minimum absolute atomic E-state index is 0.0698. The molecule has 1 N–H and O–H groups in total. The number of aromatic nitrogens is 1. The maximum Gasteiger partial charge on any atom is 0.271 e. The largest absolute Gasteiger partial charge is 0.348 e. The summed E-state index contributed by atoms with van der Waals surface area (Å²) in [7, 11) is 0. The van der Waals surface area contributed by atoms with E-state index >= 15 is 0 Å². The van der Waals surface area contributed by atoms with Crippen molar-refractivity contribution in [2.75, 3.05) is 0 Å². The summed E-state index contributed by atoms with van der Waals surface area (Å²) in [5, 5.41) is 8.10. The summed E-state index contributed by atoms with van der Waals surface area (Å²) in [6, 6.07) is 2.21. The molecule has 0 spiro atoms. The Hall–Kier alpha value is -1.20. The lowest BCUT2D eigenvalue weighted by Gasteiger charge is -2.12. The Morgan fingerprint density at radius 2 is 2.28 bits per heavy atom. The van der Waals surface area contributed by atoms with Crippen LogP contribution in [0.2, 0.25) is 0 Å². The Morgan fingerprint density at radius 3 is 2.83 bits per heavy atom. The Balaban J connectivity index is 1.97. The molecule has 5 heteroatoms. The first-order chi connectivity index (χ1) is 8.56. The first kappa shape index (κ1) is 13.2. The van der Waals surface area contributed by atoms with E-state index in [-0.39, 0.29) is 11.9 Å². The van der Waals surface area contributed by atoms with Crippen LogP contribution in [0, 0.1) is 13.8 Å². The molecule has 2 rings (SSSR count). The van der Waals surface area contributed by atoms with Crippen molar-refractivity contribution in [3.63, 3.8) is 0 Å². The average molecular weight is 280 g/mol. The Kier molecular flexibility index (Phi) is 4.14. The van der Waals surface area contributed by atoms with Gasteiger partial charge < -0.3 is 5.32 Å². The van der Waals surface area contributed by atoms with Crippen LogP contribution in [0.15, 0.2) is 16.8 Å². The van der Waals surface area contributed by atoms with Gasteiger partial charge in [0.15, 0.2) is 0 Å². The number of aryl methyl sites for hydroxylation is 2. The van der Waals surface area contributed by atoms with Crippen LogP contribution in [-0.2, 0) is 6.42 Å². The molecule has 18 heavy (non-hydrogen) atoms. The molecule has 3 nitrogen and oxygen atoms in total. The summed E-state index contributed by atoms with van der Waals surface area (Å²) >= 11 is 3.24. The first-order valence-corrected chi connectivity index (χ1v) is 7.58. The van der Waals surface area contributed by atoms with E-state index in [9.17, 15) is 4.79 Å². The summed E-state index contributed by atoms with van der Waals surface area (Å²) in [5.74, 6) is -0.0698. The maximum atomic E-state index is 12.1. The van der Waals surface area contributed by atoms with Gasteiger partial charge >= 0.3 is 0 Å². The van der Waals surface area contributed by atoms with Gasteiger partial charge in [0.05, 0.1) is 5.01 Å². The Labute approximate surface area is 115 Å². The van der Waals surface area contributed by atoms with E-state index in [1.54, 1.807) is 22.7 Å². The van der Waals surface area contributed by atoms with Gasteiger partial charge in [0.2, 0.25) is 0 Å². The molecule has 1 atom stereocenters. The highest BCUT2D eigenvalue weighted by molar-refractivity contribution is 7.11. The SMILES string of the molecule is Cc1nc(C(=O)NC(C)Cc2ccsc2)c(C)s1. The summed E-state index contributed by atoms with van der Waals surface area (Å²) in [4.78, 5) is 17.3. The smallest absolute Gasteiger partial charge is 0.271 e. The number of thiazole rings is 1. The third-order valence-corrected chi connectivity index (χ3v) is 4.24. The highest BCUT2D eigenvalue weighted by Crippen LogP contribution is 2.16. The quantitative estimate of drug-likeness (QED) is 0.934. The van der Waals surface area contributed by atoms with Crippen LogP contribution in [-0.4, -0.2) is 16.9 Å². The van der Waals surface area contributed by atoms with Crippen molar-refractivity contribution in [2.45, 2.75) is 33.2 Å². The monoisotopic (exact) mass is 280 g/mol. The van der Waals surface area contributed by atoms with Crippen molar-refractivity contribution in [3.8, 4) is 0 Å². The molecule has 2 aromatic heterocycles. The van der Waals surface area contributed by atoms with E-state index in [0.29, 0.717) is 5.69 Å². The molecular weight excluding hydrogens is 264 g/mol. The number of hydrogen-bond donors (Lipinski definition) is 1. The van der Waals surface area contributed by atoms with Gasteiger partial charge in [-0.05, 0) is 49.6 Å². The van der Waals surface area contributed by atoms with Crippen molar-refractivity contribution in [3.05, 3.63) is 38.0 Å². The van der Waals surface area contributed by atoms with Gasteiger partial charge in [0.25, 0.3) is 5.91 Å². The van der Waals surface area contributed by atoms with E-state index in [4.69, 9.17) is 0 Å². The van der Waals surface area contributed by atoms with Gasteiger partial charge in [-0.2, -0.15) is 11.3 Å². The number of amides is 1. The fraction of sp³-hybridized carbons (Fsp3) is 0.385. The van der Waals surface area contributed by atoms with Gasteiger partial charge in [-0.15, -0.1) is 11.3 Å². The summed E-state index contributed by atoms with van der Waals surface area (Å²) < 4.78 is 0. The lowest BCUT2D eigenvalue weighted by Crippen LogP contribution is -2.34. The number of thiophene rings is 1. The molecule has 96 valence electrons. The van der Waals surface area contributed by atoms with Crippen LogP contribution in [0.4, 0.5) is 0 Å². The zero-order valence-electron chi connectivity index (χ0n) is 10.7. The number of nitrogens with one attached hydrogen (secondary N) is 1. The molecule has 0 saturated heterocycles. The molecule has 2 aromatic rings. The Bertz CT molecular complexity index is 531. The van der Waals surface area contributed by atoms with Crippen molar-refractivity contribution in [2.24, 2.45) is 0 Å². The third-order valence-electron chi connectivity index (χ3n) is 2.62. The van der Waals surface area contributed by atoms with E-state index in [1.165, 1.54) is 5.56 Å². The number of rotatable bonds is 4. The predicted octanol–water partition coefficient (Wildman–Crippen LogP) is 3.18. The minimum Gasteiger partial charge on any atom is -0.348 e. The molecule has 1 unspecified atom stereocenters. The molecule has 2 heterocycles. The van der Waals surface area contributed by atoms with E-state index in [0.717, 1.165) is 16.3 Å². The van der Waals surface area contributed by atoms with Crippen molar-refractivity contribution in [1.82, 2.24) is 10.3 Å². The second-order valence-corrected chi connectivity index (χ2v) is 6.54. The molecular formula is C13H16N2OS2. The van der Waals surface area contributed by atoms with E-state index in [1.807, 2.05) is 20.8 Å². The van der Waals surface area contributed by atoms with Crippen molar-refractivity contribution >= 4 is 28.6 Å². The lowest BCUT2D eigenvalue weighted by molar-refractivity contribution is 0.0935. The van der Waals surface area contributed by atoms with Crippen LogP contribution >= 0.6 is 22.7 Å². The molecule has 0 aromatic carbocycles. The van der Waals surface area contributed by atoms with Gasteiger partial charge in [-0.25, -0.2) is 4.98 Å². The van der Waals surface area contributed by atoms with Crippen molar-refractivity contribution < 1.29 is 4.79 Å². The van der Waals surface area contributed by atoms with Crippen LogP contribution in [0.1, 0.15) is 32.9 Å². The summed E-state index contributed by atoms with van der Waals surface area (Å²) in [6.07, 6.45) is 0.859. The fourth-order valence-electron chi connectivity index (χ4n) is 1.85. The van der Waals surface area contributed by atoms with E-state index in [2.05, 4.69) is 27.1 Å².